The van der Waals surface area contributed by atoms with Crippen LogP contribution in [0.15, 0.2) is 12.4 Å². The molecule has 0 spiro atoms. The van der Waals surface area contributed by atoms with Crippen LogP contribution in [0.4, 0.5) is 5.13 Å². The zero-order valence-corrected chi connectivity index (χ0v) is 7.38. The fourth-order valence-corrected chi connectivity index (χ4v) is 1.65. The van der Waals surface area contributed by atoms with E-state index < -0.39 is 0 Å². The number of aromatic nitrogens is 4. The Hall–Kier alpha value is -1.14. The molecule has 0 saturated heterocycles. The summed E-state index contributed by atoms with van der Waals surface area (Å²) in [7, 11) is 0. The Labute approximate surface area is 76.8 Å². The second-order valence-electron chi connectivity index (χ2n) is 1.97. The topological polar surface area (TPSA) is 69.6 Å². The van der Waals surface area contributed by atoms with E-state index in [1.54, 1.807) is 12.4 Å². The average Bonchev–Trinajstić information content (AvgIpc) is 2.58. The molecule has 2 aromatic rings. The third-order valence-corrected chi connectivity index (χ3v) is 2.26. The number of anilines is 1. The summed E-state index contributed by atoms with van der Waals surface area (Å²) in [6.07, 6.45) is 3.09. The maximum absolute atomic E-state index is 5.81. The SMILES string of the molecule is Nc1nc(-n2nccn2)c(Cl)s1. The number of halogens is 1. The Balaban J connectivity index is 2.54. The van der Waals surface area contributed by atoms with Gasteiger partial charge in [0.25, 0.3) is 0 Å². The van der Waals surface area contributed by atoms with E-state index >= 15 is 0 Å². The fourth-order valence-electron chi connectivity index (χ4n) is 0.757. The molecule has 0 aliphatic rings. The molecule has 2 aromatic heterocycles. The standard InChI is InChI=1S/C5H4ClN5S/c6-3-4(10-5(7)12-3)11-8-1-2-9-11/h1-2H,(H2,7,10). The van der Waals surface area contributed by atoms with Crippen molar-refractivity contribution in [3.05, 3.63) is 16.7 Å². The highest BCUT2D eigenvalue weighted by molar-refractivity contribution is 7.19. The zero-order valence-electron chi connectivity index (χ0n) is 5.81. The molecule has 5 nitrogen and oxygen atoms in total. The monoisotopic (exact) mass is 201 g/mol. The van der Waals surface area contributed by atoms with E-state index in [2.05, 4.69) is 15.2 Å². The molecule has 0 fully saturated rings. The van der Waals surface area contributed by atoms with Gasteiger partial charge in [-0.05, 0) is 0 Å². The molecule has 0 radical (unpaired) electrons. The maximum atomic E-state index is 5.81. The molecule has 2 N–H and O–H groups in total. The Morgan fingerprint density at radius 3 is 2.58 bits per heavy atom. The molecule has 2 heterocycles. The van der Waals surface area contributed by atoms with E-state index in [1.165, 1.54) is 16.1 Å². The van der Waals surface area contributed by atoms with Crippen LogP contribution < -0.4 is 5.73 Å². The normalized spacial score (nSPS) is 10.4. The van der Waals surface area contributed by atoms with Gasteiger partial charge in [-0.1, -0.05) is 22.9 Å². The molecule has 0 aliphatic carbocycles. The van der Waals surface area contributed by atoms with Gasteiger partial charge in [0.2, 0.25) is 5.82 Å². The summed E-state index contributed by atoms with van der Waals surface area (Å²) in [5.74, 6) is 0.476. The van der Waals surface area contributed by atoms with Crippen molar-refractivity contribution in [2.24, 2.45) is 0 Å². The minimum atomic E-state index is 0.410. The van der Waals surface area contributed by atoms with Gasteiger partial charge in [-0.25, -0.2) is 0 Å². The lowest BCUT2D eigenvalue weighted by Gasteiger charge is -1.91. The summed E-state index contributed by atoms with van der Waals surface area (Å²) >= 11 is 7.01. The fraction of sp³-hybridized carbons (Fsp3) is 0. The van der Waals surface area contributed by atoms with E-state index in [1.807, 2.05) is 0 Å². The first-order valence-corrected chi connectivity index (χ1v) is 4.25. The van der Waals surface area contributed by atoms with Crippen LogP contribution in [-0.4, -0.2) is 20.0 Å². The molecule has 0 bridgehead atoms. The van der Waals surface area contributed by atoms with Crippen LogP contribution in [0.25, 0.3) is 5.82 Å². The second-order valence-corrected chi connectivity index (χ2v) is 3.60. The predicted molar refractivity (Wildman–Crippen MR) is 46.5 cm³/mol. The number of nitrogen functional groups attached to an aromatic ring is 1. The number of thiazole rings is 1. The van der Waals surface area contributed by atoms with Crippen molar-refractivity contribution in [2.75, 3.05) is 5.73 Å². The number of hydrogen-bond acceptors (Lipinski definition) is 5. The highest BCUT2D eigenvalue weighted by Gasteiger charge is 2.09. The smallest absolute Gasteiger partial charge is 0.206 e. The zero-order chi connectivity index (χ0) is 8.55. The third kappa shape index (κ3) is 1.15. The molecule has 0 atom stereocenters. The molecular formula is C5H4ClN5S. The van der Waals surface area contributed by atoms with E-state index in [4.69, 9.17) is 17.3 Å². The van der Waals surface area contributed by atoms with Crippen molar-refractivity contribution in [2.45, 2.75) is 0 Å². The Kier molecular flexibility index (Phi) is 1.70. The first-order valence-electron chi connectivity index (χ1n) is 3.06. The number of nitrogens with zero attached hydrogens (tertiary/aromatic N) is 4. The van der Waals surface area contributed by atoms with Crippen LogP contribution >= 0.6 is 22.9 Å². The van der Waals surface area contributed by atoms with Gasteiger partial charge >= 0.3 is 0 Å². The lowest BCUT2D eigenvalue weighted by atomic mass is 10.8. The Morgan fingerprint density at radius 2 is 2.08 bits per heavy atom. The largest absolute Gasteiger partial charge is 0.375 e. The van der Waals surface area contributed by atoms with Gasteiger partial charge in [0.15, 0.2) is 5.13 Å². The van der Waals surface area contributed by atoms with Crippen LogP contribution in [0.5, 0.6) is 0 Å². The maximum Gasteiger partial charge on any atom is 0.206 e. The van der Waals surface area contributed by atoms with Crippen LogP contribution in [0, 0.1) is 0 Å². The van der Waals surface area contributed by atoms with E-state index in [0.717, 1.165) is 0 Å². The predicted octanol–water partition coefficient (Wildman–Crippen LogP) is 0.959. The Morgan fingerprint density at radius 1 is 1.42 bits per heavy atom. The first kappa shape index (κ1) is 7.51. The van der Waals surface area contributed by atoms with Gasteiger partial charge in [-0.15, -0.1) is 4.80 Å². The van der Waals surface area contributed by atoms with Crippen LogP contribution in [0.3, 0.4) is 0 Å². The van der Waals surface area contributed by atoms with Gasteiger partial charge in [0.1, 0.15) is 4.34 Å². The minimum absolute atomic E-state index is 0.410. The van der Waals surface area contributed by atoms with Crippen molar-refractivity contribution < 1.29 is 0 Å². The van der Waals surface area contributed by atoms with E-state index in [9.17, 15) is 0 Å². The Bertz CT molecular complexity index is 380. The molecule has 0 amide bonds. The molecule has 62 valence electrons. The van der Waals surface area contributed by atoms with Crippen molar-refractivity contribution >= 4 is 28.1 Å². The lowest BCUT2D eigenvalue weighted by Crippen LogP contribution is -1.99. The van der Waals surface area contributed by atoms with Gasteiger partial charge < -0.3 is 5.73 Å². The number of hydrogen-bond donors (Lipinski definition) is 1. The number of nitrogens with two attached hydrogens (primary N) is 1. The van der Waals surface area contributed by atoms with Gasteiger partial charge in [-0.2, -0.15) is 15.2 Å². The van der Waals surface area contributed by atoms with Crippen LogP contribution in [0.2, 0.25) is 4.34 Å². The minimum Gasteiger partial charge on any atom is -0.375 e. The third-order valence-electron chi connectivity index (χ3n) is 1.19. The molecular weight excluding hydrogens is 198 g/mol. The second kappa shape index (κ2) is 2.72. The molecule has 2 rings (SSSR count). The first-order chi connectivity index (χ1) is 5.77. The molecule has 12 heavy (non-hydrogen) atoms. The van der Waals surface area contributed by atoms with Gasteiger partial charge in [-0.3, -0.25) is 0 Å². The lowest BCUT2D eigenvalue weighted by molar-refractivity contribution is 0.735. The average molecular weight is 202 g/mol. The van der Waals surface area contributed by atoms with Crippen molar-refractivity contribution in [1.82, 2.24) is 20.0 Å². The summed E-state index contributed by atoms with van der Waals surface area (Å²) in [6, 6.07) is 0. The number of rotatable bonds is 1. The molecule has 7 heteroatoms. The summed E-state index contributed by atoms with van der Waals surface area (Å²) in [6.45, 7) is 0. The summed E-state index contributed by atoms with van der Waals surface area (Å²) in [5, 5.41) is 8.15. The van der Waals surface area contributed by atoms with Crippen molar-refractivity contribution in [3.8, 4) is 5.82 Å². The van der Waals surface area contributed by atoms with Crippen LogP contribution in [0.1, 0.15) is 0 Å². The summed E-state index contributed by atoms with van der Waals surface area (Å²) in [4.78, 5) is 5.28. The highest BCUT2D eigenvalue weighted by atomic mass is 35.5. The van der Waals surface area contributed by atoms with Crippen molar-refractivity contribution in [1.29, 1.82) is 0 Å². The summed E-state index contributed by atoms with van der Waals surface area (Å²) in [5.41, 5.74) is 5.44. The quantitative estimate of drug-likeness (QED) is 0.746. The molecule has 0 aromatic carbocycles. The van der Waals surface area contributed by atoms with E-state index in [-0.39, 0.29) is 0 Å². The molecule has 0 aliphatic heterocycles. The van der Waals surface area contributed by atoms with Crippen LogP contribution in [-0.2, 0) is 0 Å². The summed E-state index contributed by atoms with van der Waals surface area (Å²) < 4.78 is 0.490. The highest BCUT2D eigenvalue weighted by Crippen LogP contribution is 2.27. The van der Waals surface area contributed by atoms with E-state index in [0.29, 0.717) is 15.3 Å². The van der Waals surface area contributed by atoms with Gasteiger partial charge in [0, 0.05) is 0 Å². The molecule has 0 saturated carbocycles. The van der Waals surface area contributed by atoms with Gasteiger partial charge in [0.05, 0.1) is 12.4 Å². The van der Waals surface area contributed by atoms with Crippen molar-refractivity contribution in [3.63, 3.8) is 0 Å². The molecule has 0 unspecified atom stereocenters.